The molecule has 1 saturated heterocycles. The second-order valence-electron chi connectivity index (χ2n) is 6.57. The number of carbonyl (C=O) groups excluding carboxylic acids is 1. The van der Waals surface area contributed by atoms with Crippen molar-refractivity contribution in [2.24, 2.45) is 5.92 Å². The van der Waals surface area contributed by atoms with Crippen molar-refractivity contribution in [3.63, 3.8) is 0 Å². The van der Waals surface area contributed by atoms with E-state index in [0.29, 0.717) is 12.2 Å². The second-order valence-corrected chi connectivity index (χ2v) is 6.57. The molecule has 2 N–H and O–H groups in total. The summed E-state index contributed by atoms with van der Waals surface area (Å²) in [5, 5.41) is 20.4. The van der Waals surface area contributed by atoms with Gasteiger partial charge in [-0.15, -0.1) is 0 Å². The summed E-state index contributed by atoms with van der Waals surface area (Å²) < 4.78 is 16.4. The fourth-order valence-corrected chi connectivity index (χ4v) is 3.14. The normalized spacial score (nSPS) is 32.2. The molecule has 0 aromatic heterocycles. The fourth-order valence-electron chi connectivity index (χ4n) is 3.14. The molecule has 6 nitrogen and oxygen atoms in total. The van der Waals surface area contributed by atoms with E-state index < -0.39 is 17.8 Å². The quantitative estimate of drug-likeness (QED) is 0.757. The van der Waals surface area contributed by atoms with Gasteiger partial charge in [-0.3, -0.25) is 4.79 Å². The molecule has 1 unspecified atom stereocenters. The van der Waals surface area contributed by atoms with Gasteiger partial charge in [-0.2, -0.15) is 0 Å². The number of hydrogen-bond donors (Lipinski definition) is 2. The molecule has 126 valence electrons. The molecular formula is C17H22O6. The highest BCUT2D eigenvalue weighted by Crippen LogP contribution is 2.39. The van der Waals surface area contributed by atoms with Crippen molar-refractivity contribution in [1.82, 2.24) is 0 Å². The van der Waals surface area contributed by atoms with Crippen molar-refractivity contribution in [2.45, 2.75) is 43.7 Å². The van der Waals surface area contributed by atoms with Crippen molar-refractivity contribution in [3.8, 4) is 5.75 Å². The second kappa shape index (κ2) is 6.47. The first-order valence-corrected chi connectivity index (χ1v) is 7.84. The third-order valence-corrected chi connectivity index (χ3v) is 4.32. The number of aliphatic hydroxyl groups excluding tert-OH is 1. The van der Waals surface area contributed by atoms with Crippen LogP contribution in [0.2, 0.25) is 0 Å². The topological polar surface area (TPSA) is 85.2 Å². The maximum absolute atomic E-state index is 11.3. The average molecular weight is 322 g/mol. The van der Waals surface area contributed by atoms with Gasteiger partial charge in [-0.1, -0.05) is 18.2 Å². The highest BCUT2D eigenvalue weighted by Gasteiger charge is 2.50. The maximum Gasteiger partial charge on any atom is 0.306 e. The van der Waals surface area contributed by atoms with Crippen molar-refractivity contribution < 1.29 is 29.2 Å². The highest BCUT2D eigenvalue weighted by atomic mass is 16.6. The molecule has 0 bridgehead atoms. The van der Waals surface area contributed by atoms with Gasteiger partial charge in [0.1, 0.15) is 24.1 Å². The van der Waals surface area contributed by atoms with Crippen LogP contribution in [0.25, 0.3) is 0 Å². The number of carbonyl (C=O) groups is 1. The lowest BCUT2D eigenvalue weighted by atomic mass is 10.0. The molecule has 0 amide bonds. The monoisotopic (exact) mass is 322 g/mol. The van der Waals surface area contributed by atoms with E-state index in [1.807, 2.05) is 30.3 Å². The first kappa shape index (κ1) is 16.2. The third-order valence-electron chi connectivity index (χ3n) is 4.32. The number of esters is 1. The molecule has 1 aliphatic heterocycles. The minimum atomic E-state index is -1.20. The molecule has 1 aromatic rings. The summed E-state index contributed by atoms with van der Waals surface area (Å²) in [6.45, 7) is 1.70. The minimum Gasteiger partial charge on any atom is -0.491 e. The number of ether oxygens (including phenoxy) is 3. The van der Waals surface area contributed by atoms with Crippen LogP contribution in [0, 0.1) is 5.92 Å². The van der Waals surface area contributed by atoms with E-state index in [4.69, 9.17) is 14.2 Å². The van der Waals surface area contributed by atoms with Gasteiger partial charge >= 0.3 is 5.97 Å². The van der Waals surface area contributed by atoms with Gasteiger partial charge in [0, 0.05) is 12.3 Å². The molecule has 1 saturated carbocycles. The Hall–Kier alpha value is -1.63. The van der Waals surface area contributed by atoms with Crippen LogP contribution in [0.3, 0.4) is 0 Å². The summed E-state index contributed by atoms with van der Waals surface area (Å²) in [6.07, 6.45) is -0.787. The van der Waals surface area contributed by atoms with E-state index in [2.05, 4.69) is 0 Å². The van der Waals surface area contributed by atoms with Crippen LogP contribution >= 0.6 is 0 Å². The van der Waals surface area contributed by atoms with Crippen molar-refractivity contribution in [1.29, 1.82) is 0 Å². The molecule has 1 heterocycles. The summed E-state index contributed by atoms with van der Waals surface area (Å²) in [4.78, 5) is 11.3. The minimum absolute atomic E-state index is 0.0129. The molecule has 0 spiro atoms. The molecule has 6 heteroatoms. The van der Waals surface area contributed by atoms with Crippen LogP contribution in [-0.2, 0) is 14.3 Å². The summed E-state index contributed by atoms with van der Waals surface area (Å²) in [6, 6.07) is 9.21. The van der Waals surface area contributed by atoms with Gasteiger partial charge in [-0.05, 0) is 19.1 Å². The zero-order valence-electron chi connectivity index (χ0n) is 13.1. The molecule has 3 rings (SSSR count). The Morgan fingerprint density at radius 1 is 1.30 bits per heavy atom. The first-order chi connectivity index (χ1) is 10.9. The zero-order chi connectivity index (χ0) is 16.4. The first-order valence-electron chi connectivity index (χ1n) is 7.84. The van der Waals surface area contributed by atoms with Crippen molar-refractivity contribution in [3.05, 3.63) is 30.3 Å². The summed E-state index contributed by atoms with van der Waals surface area (Å²) in [7, 11) is 0. The van der Waals surface area contributed by atoms with Gasteiger partial charge in [0.25, 0.3) is 0 Å². The number of aliphatic hydroxyl groups is 2. The number of benzene rings is 1. The summed E-state index contributed by atoms with van der Waals surface area (Å²) in [5.74, 6) is 0.284. The van der Waals surface area contributed by atoms with Gasteiger partial charge in [0.05, 0.1) is 25.2 Å². The standard InChI is InChI=1S/C17H22O6/c1-17(20,9-21-11-5-3-2-4-6-11)10-22-16-12-7-15(19)23-14(12)8-13(16)18/h2-6,12-14,16,18,20H,7-10H2,1H3/t12-,13+,14-,16+,17?/m1/s1. The molecule has 1 aromatic carbocycles. The van der Waals surface area contributed by atoms with Crippen LogP contribution < -0.4 is 4.74 Å². The van der Waals surface area contributed by atoms with E-state index in [1.165, 1.54) is 0 Å². The smallest absolute Gasteiger partial charge is 0.306 e. The SMILES string of the molecule is CC(O)(COc1ccccc1)CO[C@H]1[C@@H]2CC(=O)O[C@@H]2C[C@@H]1O. The Balaban J connectivity index is 1.51. The van der Waals surface area contributed by atoms with Gasteiger partial charge in [0.15, 0.2) is 0 Å². The van der Waals surface area contributed by atoms with Gasteiger partial charge < -0.3 is 24.4 Å². The number of hydrogen-bond acceptors (Lipinski definition) is 6. The largest absolute Gasteiger partial charge is 0.491 e. The number of rotatable bonds is 6. The lowest BCUT2D eigenvalue weighted by molar-refractivity contribution is -0.142. The van der Waals surface area contributed by atoms with E-state index in [9.17, 15) is 15.0 Å². The van der Waals surface area contributed by atoms with Crippen LogP contribution in [0.4, 0.5) is 0 Å². The van der Waals surface area contributed by atoms with Gasteiger partial charge in [0.2, 0.25) is 0 Å². The Bertz CT molecular complexity index is 543. The summed E-state index contributed by atoms with van der Waals surface area (Å²) in [5.41, 5.74) is -1.20. The molecule has 0 radical (unpaired) electrons. The fraction of sp³-hybridized carbons (Fsp3) is 0.588. The molecule has 1 aliphatic carbocycles. The number of fused-ring (bicyclic) bond motifs is 1. The van der Waals surface area contributed by atoms with E-state index in [1.54, 1.807) is 6.92 Å². The van der Waals surface area contributed by atoms with Crippen LogP contribution in [0.15, 0.2) is 30.3 Å². The van der Waals surface area contributed by atoms with E-state index >= 15 is 0 Å². The van der Waals surface area contributed by atoms with Crippen molar-refractivity contribution in [2.75, 3.05) is 13.2 Å². The van der Waals surface area contributed by atoms with Crippen LogP contribution in [-0.4, -0.2) is 53.3 Å². The molecular weight excluding hydrogens is 300 g/mol. The van der Waals surface area contributed by atoms with E-state index in [0.717, 1.165) is 0 Å². The van der Waals surface area contributed by atoms with Crippen LogP contribution in [0.1, 0.15) is 19.8 Å². The molecule has 23 heavy (non-hydrogen) atoms. The molecule has 2 aliphatic rings. The van der Waals surface area contributed by atoms with Crippen molar-refractivity contribution >= 4 is 5.97 Å². The Morgan fingerprint density at radius 3 is 2.78 bits per heavy atom. The zero-order valence-corrected chi connectivity index (χ0v) is 13.1. The van der Waals surface area contributed by atoms with E-state index in [-0.39, 0.29) is 37.6 Å². The van der Waals surface area contributed by atoms with Crippen LogP contribution in [0.5, 0.6) is 5.75 Å². The predicted octanol–water partition coefficient (Wildman–Crippen LogP) is 0.898. The molecule has 2 fully saturated rings. The lowest BCUT2D eigenvalue weighted by Crippen LogP contribution is -2.41. The number of para-hydroxylation sites is 1. The Labute approximate surface area is 135 Å². The third kappa shape index (κ3) is 3.83. The van der Waals surface area contributed by atoms with Gasteiger partial charge in [-0.25, -0.2) is 0 Å². The Morgan fingerprint density at radius 2 is 2.04 bits per heavy atom. The maximum atomic E-state index is 11.3. The highest BCUT2D eigenvalue weighted by molar-refractivity contribution is 5.72. The Kier molecular flexibility index (Phi) is 4.57. The summed E-state index contributed by atoms with van der Waals surface area (Å²) >= 11 is 0. The predicted molar refractivity (Wildman–Crippen MR) is 80.9 cm³/mol. The average Bonchev–Trinajstić information content (AvgIpc) is 2.99. The lowest BCUT2D eigenvalue weighted by Gasteiger charge is -2.27. The molecule has 5 atom stereocenters.